The summed E-state index contributed by atoms with van der Waals surface area (Å²) in [6.07, 6.45) is 4.00. The van der Waals surface area contributed by atoms with Gasteiger partial charge in [0.1, 0.15) is 0 Å². The van der Waals surface area contributed by atoms with Gasteiger partial charge in [-0.05, 0) is 0 Å². The Morgan fingerprint density at radius 3 is 2.10 bits per heavy atom. The molecule has 0 spiro atoms. The summed E-state index contributed by atoms with van der Waals surface area (Å²) in [6, 6.07) is 0. The van der Waals surface area contributed by atoms with Gasteiger partial charge in [-0.3, -0.25) is 0 Å². The van der Waals surface area contributed by atoms with Crippen LogP contribution in [0.15, 0.2) is 0 Å². The van der Waals surface area contributed by atoms with E-state index < -0.39 is 34.6 Å². The molecule has 1 atom stereocenters. The molecule has 1 aromatic rings. The molecule has 0 bridgehead atoms. The molecule has 0 amide bonds. The maximum atomic E-state index is 13.4. The molecule has 1 saturated heterocycles. The molecule has 118 valence electrons. The molecule has 0 radical (unpaired) electrons. The number of benzene rings is 1. The van der Waals surface area contributed by atoms with Crippen molar-refractivity contribution in [2.75, 3.05) is 0 Å². The fourth-order valence-corrected chi connectivity index (χ4v) is 4.48. The van der Waals surface area contributed by atoms with E-state index in [1.165, 1.54) is 4.47 Å². The summed E-state index contributed by atoms with van der Waals surface area (Å²) in [5.41, 5.74) is -0.718. The summed E-state index contributed by atoms with van der Waals surface area (Å²) >= 11 is -0.340. The first-order chi connectivity index (χ1) is 10.0. The molecule has 1 unspecified atom stereocenters. The number of hydrogen-bond acceptors (Lipinski definition) is 1. The second kappa shape index (κ2) is 7.75. The van der Waals surface area contributed by atoms with Crippen LogP contribution in [0, 0.1) is 29.1 Å². The van der Waals surface area contributed by atoms with E-state index in [0.717, 1.165) is 19.3 Å². The molecule has 1 nitrogen and oxygen atoms in total. The molecule has 0 aliphatic carbocycles. The van der Waals surface area contributed by atoms with Gasteiger partial charge in [-0.2, -0.15) is 0 Å². The van der Waals surface area contributed by atoms with Crippen LogP contribution in [-0.4, -0.2) is 27.4 Å². The van der Waals surface area contributed by atoms with Gasteiger partial charge in [-0.1, -0.05) is 0 Å². The van der Waals surface area contributed by atoms with E-state index in [0.29, 0.717) is 12.8 Å². The first-order valence-electron chi connectivity index (χ1n) is 6.81. The Morgan fingerprint density at radius 1 is 0.905 bits per heavy atom. The molecule has 1 aliphatic rings. The van der Waals surface area contributed by atoms with Crippen molar-refractivity contribution >= 4 is 21.3 Å². The van der Waals surface area contributed by atoms with Gasteiger partial charge >= 0.3 is 130 Å². The minimum atomic E-state index is -2.10. The maximum absolute atomic E-state index is 13.4. The molecule has 1 aliphatic heterocycles. The molecule has 2 rings (SSSR count). The first kappa shape index (κ1) is 17.0. The van der Waals surface area contributed by atoms with Crippen LogP contribution in [0.3, 0.4) is 0 Å². The molecular weight excluding hydrogens is 407 g/mol. The normalized spacial score (nSPS) is 19.0. The van der Waals surface area contributed by atoms with E-state index in [1.807, 2.05) is 0 Å². The average Bonchev–Trinajstić information content (AvgIpc) is 2.51. The van der Waals surface area contributed by atoms with Crippen molar-refractivity contribution in [3.8, 4) is 0 Å². The predicted molar refractivity (Wildman–Crippen MR) is 68.5 cm³/mol. The third-order valence-electron chi connectivity index (χ3n) is 3.46. The number of rotatable bonds is 5. The van der Waals surface area contributed by atoms with Crippen LogP contribution in [-0.2, 0) is 9.52 Å². The van der Waals surface area contributed by atoms with Crippen molar-refractivity contribution in [2.24, 2.45) is 0 Å². The summed E-state index contributed by atoms with van der Waals surface area (Å²) < 4.78 is 72.6. The average molecular weight is 422 g/mol. The molecule has 7 heteroatoms. The number of unbranched alkanes of at least 4 members (excludes halogenated alkanes) is 1. The quantitative estimate of drug-likeness (QED) is 0.226. The standard InChI is InChI=1S/C14H15F5OTe/c15-10-9(11(16)13(18)14(19)12(10)17)6-2-1-4-8-5-3-7-21-20-8/h8H,1-7H2. The molecule has 0 saturated carbocycles. The number of hydrogen-bond donors (Lipinski definition) is 0. The predicted octanol–water partition coefficient (Wildman–Crippen LogP) is 4.31. The Kier molecular flexibility index (Phi) is 6.27. The van der Waals surface area contributed by atoms with Gasteiger partial charge in [-0.15, -0.1) is 0 Å². The van der Waals surface area contributed by atoms with E-state index in [-0.39, 0.29) is 33.9 Å². The molecule has 21 heavy (non-hydrogen) atoms. The van der Waals surface area contributed by atoms with Crippen LogP contribution >= 0.6 is 0 Å². The van der Waals surface area contributed by atoms with Crippen LogP contribution in [0.2, 0.25) is 4.47 Å². The molecule has 0 N–H and O–H groups in total. The SMILES string of the molecule is Fc1c(F)c(F)c(CCCCC2CCC[Te]O2)c(F)c1F. The first-order valence-corrected chi connectivity index (χ1v) is 9.41. The Hall–Kier alpha value is -0.380. The van der Waals surface area contributed by atoms with Gasteiger partial charge in [0.2, 0.25) is 0 Å². The zero-order valence-electron chi connectivity index (χ0n) is 11.2. The third kappa shape index (κ3) is 4.08. The molecule has 1 heterocycles. The molecule has 0 aromatic heterocycles. The van der Waals surface area contributed by atoms with E-state index in [1.54, 1.807) is 0 Å². The Balaban J connectivity index is 1.91. The Morgan fingerprint density at radius 2 is 1.52 bits per heavy atom. The summed E-state index contributed by atoms with van der Waals surface area (Å²) in [4.78, 5) is 0. The monoisotopic (exact) mass is 424 g/mol. The van der Waals surface area contributed by atoms with Gasteiger partial charge in [0.25, 0.3) is 0 Å². The summed E-state index contributed by atoms with van der Waals surface area (Å²) in [5.74, 6) is -9.27. The van der Waals surface area contributed by atoms with Crippen molar-refractivity contribution in [1.82, 2.24) is 0 Å². The van der Waals surface area contributed by atoms with Crippen LogP contribution in [0.4, 0.5) is 22.0 Å². The van der Waals surface area contributed by atoms with Gasteiger partial charge < -0.3 is 0 Å². The van der Waals surface area contributed by atoms with E-state index in [9.17, 15) is 22.0 Å². The fraction of sp³-hybridized carbons (Fsp3) is 0.571. The van der Waals surface area contributed by atoms with E-state index in [2.05, 4.69) is 0 Å². The summed E-state index contributed by atoms with van der Waals surface area (Å²) in [7, 11) is 0. The molecule has 1 fully saturated rings. The van der Waals surface area contributed by atoms with Gasteiger partial charge in [0.05, 0.1) is 0 Å². The Bertz CT molecular complexity index is 474. The van der Waals surface area contributed by atoms with Crippen LogP contribution in [0.25, 0.3) is 0 Å². The topological polar surface area (TPSA) is 9.23 Å². The van der Waals surface area contributed by atoms with E-state index >= 15 is 0 Å². The molecule has 1 aromatic carbocycles. The van der Waals surface area contributed by atoms with Crippen LogP contribution in [0.5, 0.6) is 0 Å². The van der Waals surface area contributed by atoms with Gasteiger partial charge in [0.15, 0.2) is 0 Å². The number of halogens is 5. The fourth-order valence-electron chi connectivity index (χ4n) is 2.30. The van der Waals surface area contributed by atoms with Crippen LogP contribution in [0.1, 0.15) is 37.7 Å². The van der Waals surface area contributed by atoms with Crippen molar-refractivity contribution in [2.45, 2.75) is 49.1 Å². The van der Waals surface area contributed by atoms with E-state index in [4.69, 9.17) is 3.10 Å². The van der Waals surface area contributed by atoms with Crippen molar-refractivity contribution in [3.63, 3.8) is 0 Å². The van der Waals surface area contributed by atoms with Crippen LogP contribution < -0.4 is 0 Å². The second-order valence-electron chi connectivity index (χ2n) is 4.98. The zero-order valence-corrected chi connectivity index (χ0v) is 13.6. The second-order valence-corrected chi connectivity index (χ2v) is 7.36. The minimum absolute atomic E-state index is 0.158. The third-order valence-corrected chi connectivity index (χ3v) is 5.93. The van der Waals surface area contributed by atoms with Crippen molar-refractivity contribution < 1.29 is 25.1 Å². The Labute approximate surface area is 130 Å². The summed E-state index contributed by atoms with van der Waals surface area (Å²) in [5, 5.41) is 0. The molecular formula is C14H15F5OTe. The van der Waals surface area contributed by atoms with Gasteiger partial charge in [0, 0.05) is 0 Å². The zero-order chi connectivity index (χ0) is 15.4. The van der Waals surface area contributed by atoms with Gasteiger partial charge in [-0.25, -0.2) is 0 Å². The summed E-state index contributed by atoms with van der Waals surface area (Å²) in [6.45, 7) is 0. The van der Waals surface area contributed by atoms with Crippen molar-refractivity contribution in [1.29, 1.82) is 0 Å². The van der Waals surface area contributed by atoms with Crippen molar-refractivity contribution in [3.05, 3.63) is 34.6 Å².